The molecule has 0 fully saturated rings. The smallest absolute Gasteiger partial charge is 0.256 e. The Morgan fingerprint density at radius 2 is 1.55 bits per heavy atom. The number of carbonyl (C=O) groups is 1. The van der Waals surface area contributed by atoms with E-state index in [-0.39, 0.29) is 5.91 Å². The fourth-order valence-corrected chi connectivity index (χ4v) is 4.57. The van der Waals surface area contributed by atoms with Gasteiger partial charge >= 0.3 is 0 Å². The van der Waals surface area contributed by atoms with E-state index >= 15 is 0 Å². The summed E-state index contributed by atoms with van der Waals surface area (Å²) in [5.74, 6) is 0.675. The number of nitrogens with zero attached hydrogens (tertiary/aromatic N) is 2. The van der Waals surface area contributed by atoms with Crippen LogP contribution in [0.25, 0.3) is 22.3 Å². The number of para-hydroxylation sites is 2. The van der Waals surface area contributed by atoms with Gasteiger partial charge in [-0.2, -0.15) is 0 Å². The highest BCUT2D eigenvalue weighted by molar-refractivity contribution is 7.98. The molecule has 1 amide bonds. The van der Waals surface area contributed by atoms with Crippen LogP contribution in [0.3, 0.4) is 0 Å². The van der Waals surface area contributed by atoms with Gasteiger partial charge < -0.3 is 5.32 Å². The zero-order valence-electron chi connectivity index (χ0n) is 17.8. The number of aromatic nitrogens is 2. The molecule has 5 rings (SSSR count). The average molecular weight is 448 g/mol. The number of hydrogen-bond donors (Lipinski definition) is 1. The van der Waals surface area contributed by atoms with E-state index in [1.807, 2.05) is 91.0 Å². The van der Waals surface area contributed by atoms with Crippen molar-refractivity contribution in [3.05, 3.63) is 120 Å². The van der Waals surface area contributed by atoms with E-state index in [0.717, 1.165) is 38.6 Å². The van der Waals surface area contributed by atoms with E-state index in [9.17, 15) is 4.79 Å². The lowest BCUT2D eigenvalue weighted by molar-refractivity contribution is 0.102. The molecule has 5 aromatic rings. The highest BCUT2D eigenvalue weighted by Gasteiger charge is 2.13. The third-order valence-corrected chi connectivity index (χ3v) is 6.38. The van der Waals surface area contributed by atoms with E-state index in [1.165, 1.54) is 5.56 Å². The second-order valence-electron chi connectivity index (χ2n) is 7.55. The van der Waals surface area contributed by atoms with Gasteiger partial charge in [-0.15, -0.1) is 11.8 Å². The summed E-state index contributed by atoms with van der Waals surface area (Å²) in [5.41, 5.74) is 5.97. The number of nitrogens with one attached hydrogen (secondary N) is 1. The van der Waals surface area contributed by atoms with Gasteiger partial charge in [-0.05, 0) is 42.0 Å². The Bertz CT molecular complexity index is 1420. The Hall–Kier alpha value is -3.96. The maximum atomic E-state index is 13.1. The van der Waals surface area contributed by atoms with Crippen molar-refractivity contribution in [2.45, 2.75) is 10.6 Å². The number of rotatable bonds is 6. The van der Waals surface area contributed by atoms with Gasteiger partial charge in [0.1, 0.15) is 0 Å². The van der Waals surface area contributed by atoms with E-state index in [1.54, 1.807) is 18.0 Å². The molecule has 33 heavy (non-hydrogen) atoms. The molecule has 1 N–H and O–H groups in total. The average Bonchev–Trinajstić information content (AvgIpc) is 2.88. The summed E-state index contributed by atoms with van der Waals surface area (Å²) in [4.78, 5) is 23.3. The van der Waals surface area contributed by atoms with Gasteiger partial charge in [-0.3, -0.25) is 9.78 Å². The third kappa shape index (κ3) is 4.94. The van der Waals surface area contributed by atoms with Crippen molar-refractivity contribution in [1.82, 2.24) is 9.97 Å². The fourth-order valence-electron chi connectivity index (χ4n) is 3.57. The van der Waals surface area contributed by atoms with Crippen molar-refractivity contribution in [3.8, 4) is 11.3 Å². The number of carbonyl (C=O) groups excluding carboxylic acids is 1. The van der Waals surface area contributed by atoms with E-state index < -0.39 is 0 Å². The molecule has 4 aromatic carbocycles. The van der Waals surface area contributed by atoms with Crippen LogP contribution in [0.2, 0.25) is 0 Å². The Kier molecular flexibility index (Phi) is 6.13. The van der Waals surface area contributed by atoms with Crippen LogP contribution < -0.4 is 5.32 Å². The number of fused-ring (bicyclic) bond motifs is 1. The van der Waals surface area contributed by atoms with E-state index in [2.05, 4.69) is 22.4 Å². The normalized spacial score (nSPS) is 10.8. The van der Waals surface area contributed by atoms with Crippen LogP contribution >= 0.6 is 11.8 Å². The van der Waals surface area contributed by atoms with Crippen molar-refractivity contribution < 1.29 is 4.79 Å². The van der Waals surface area contributed by atoms with Gasteiger partial charge in [0.25, 0.3) is 5.91 Å². The summed E-state index contributed by atoms with van der Waals surface area (Å²) in [6, 6.07) is 33.4. The lowest BCUT2D eigenvalue weighted by Crippen LogP contribution is -2.13. The number of amides is 1. The first-order valence-corrected chi connectivity index (χ1v) is 11.6. The van der Waals surface area contributed by atoms with Crippen molar-refractivity contribution >= 4 is 34.4 Å². The maximum Gasteiger partial charge on any atom is 0.256 e. The van der Waals surface area contributed by atoms with Gasteiger partial charge in [0, 0.05) is 21.9 Å². The van der Waals surface area contributed by atoms with Crippen molar-refractivity contribution in [3.63, 3.8) is 0 Å². The molecular formula is C28H21N3OS. The molecule has 160 valence electrons. The highest BCUT2D eigenvalue weighted by atomic mass is 32.2. The van der Waals surface area contributed by atoms with Crippen LogP contribution in [0.5, 0.6) is 0 Å². The lowest BCUT2D eigenvalue weighted by atomic mass is 10.1. The Morgan fingerprint density at radius 3 is 2.42 bits per heavy atom. The highest BCUT2D eigenvalue weighted by Crippen LogP contribution is 2.28. The quantitative estimate of drug-likeness (QED) is 0.290. The van der Waals surface area contributed by atoms with Crippen LogP contribution in [0.4, 0.5) is 5.69 Å². The molecule has 0 aliphatic heterocycles. The first-order chi connectivity index (χ1) is 16.3. The Morgan fingerprint density at radius 1 is 0.788 bits per heavy atom. The SMILES string of the molecule is O=C(Nc1cccc(-c2cnc3ccccc3n2)c1)c1ccccc1SCc1ccccc1. The minimum absolute atomic E-state index is 0.132. The molecule has 0 atom stereocenters. The summed E-state index contributed by atoms with van der Waals surface area (Å²) in [7, 11) is 0. The second-order valence-corrected chi connectivity index (χ2v) is 8.57. The fraction of sp³-hybridized carbons (Fsp3) is 0.0357. The Labute approximate surface area is 196 Å². The molecule has 0 aliphatic carbocycles. The first kappa shape index (κ1) is 20.9. The summed E-state index contributed by atoms with van der Waals surface area (Å²) >= 11 is 1.66. The third-order valence-electron chi connectivity index (χ3n) is 5.23. The van der Waals surface area contributed by atoms with E-state index in [4.69, 9.17) is 4.98 Å². The second kappa shape index (κ2) is 9.67. The summed E-state index contributed by atoms with van der Waals surface area (Å²) in [6.07, 6.45) is 1.76. The number of benzene rings is 4. The molecule has 1 heterocycles. The number of anilines is 1. The summed E-state index contributed by atoms with van der Waals surface area (Å²) < 4.78 is 0. The van der Waals surface area contributed by atoms with Gasteiger partial charge in [0.2, 0.25) is 0 Å². The molecule has 0 unspecified atom stereocenters. The molecule has 0 spiro atoms. The van der Waals surface area contributed by atoms with Crippen LogP contribution in [-0.2, 0) is 5.75 Å². The minimum Gasteiger partial charge on any atom is -0.322 e. The van der Waals surface area contributed by atoms with Gasteiger partial charge in [0.15, 0.2) is 0 Å². The zero-order chi connectivity index (χ0) is 22.5. The number of hydrogen-bond acceptors (Lipinski definition) is 4. The lowest BCUT2D eigenvalue weighted by Gasteiger charge is -2.11. The summed E-state index contributed by atoms with van der Waals surface area (Å²) in [6.45, 7) is 0. The molecule has 5 heteroatoms. The molecular weight excluding hydrogens is 426 g/mol. The van der Waals surface area contributed by atoms with Gasteiger partial charge in [-0.25, -0.2) is 4.98 Å². The van der Waals surface area contributed by atoms with Crippen molar-refractivity contribution in [2.75, 3.05) is 5.32 Å². The number of thioether (sulfide) groups is 1. The van der Waals surface area contributed by atoms with Gasteiger partial charge in [0.05, 0.1) is 28.5 Å². The Balaban J connectivity index is 1.35. The molecule has 1 aromatic heterocycles. The van der Waals surface area contributed by atoms with Crippen LogP contribution in [0, 0.1) is 0 Å². The molecule has 0 saturated heterocycles. The molecule has 4 nitrogen and oxygen atoms in total. The monoisotopic (exact) mass is 447 g/mol. The maximum absolute atomic E-state index is 13.1. The topological polar surface area (TPSA) is 54.9 Å². The van der Waals surface area contributed by atoms with Crippen molar-refractivity contribution in [2.24, 2.45) is 0 Å². The predicted molar refractivity (Wildman–Crippen MR) is 135 cm³/mol. The van der Waals surface area contributed by atoms with Gasteiger partial charge in [-0.1, -0.05) is 66.7 Å². The first-order valence-electron chi connectivity index (χ1n) is 10.7. The predicted octanol–water partition coefficient (Wildman–Crippen LogP) is 6.84. The molecule has 0 radical (unpaired) electrons. The molecule has 0 bridgehead atoms. The van der Waals surface area contributed by atoms with Crippen LogP contribution in [0.1, 0.15) is 15.9 Å². The molecule has 0 aliphatic rings. The van der Waals surface area contributed by atoms with Crippen LogP contribution in [-0.4, -0.2) is 15.9 Å². The van der Waals surface area contributed by atoms with E-state index in [0.29, 0.717) is 5.56 Å². The standard InChI is InChI=1S/C28H21N3OS/c32-28(23-13-4-7-16-27(23)33-19-20-9-2-1-3-10-20)30-22-12-8-11-21(17-22)26-18-29-24-14-5-6-15-25(24)31-26/h1-18H,19H2,(H,30,32). The minimum atomic E-state index is -0.132. The van der Waals surface area contributed by atoms with Crippen molar-refractivity contribution in [1.29, 1.82) is 0 Å². The van der Waals surface area contributed by atoms with Crippen LogP contribution in [0.15, 0.2) is 114 Å². The summed E-state index contributed by atoms with van der Waals surface area (Å²) in [5, 5.41) is 3.04. The molecule has 0 saturated carbocycles. The largest absolute Gasteiger partial charge is 0.322 e. The zero-order valence-corrected chi connectivity index (χ0v) is 18.6.